The van der Waals surface area contributed by atoms with Crippen molar-refractivity contribution in [3.05, 3.63) is 10.1 Å². The standard InChI is InChI=1S/C11H17N3O4/c1-4-12-9(15)11(3,14(17)18)7(2)13(10(12)16)8-5-6-8/h7-8H,4-6H2,1-3H3. The summed E-state index contributed by atoms with van der Waals surface area (Å²) in [7, 11) is 0. The average molecular weight is 255 g/mol. The summed E-state index contributed by atoms with van der Waals surface area (Å²) in [6.45, 7) is 4.71. The fourth-order valence-electron chi connectivity index (χ4n) is 2.45. The smallest absolute Gasteiger partial charge is 0.311 e. The lowest BCUT2D eigenvalue weighted by Crippen LogP contribution is -2.71. The van der Waals surface area contributed by atoms with Crippen molar-refractivity contribution < 1.29 is 14.5 Å². The van der Waals surface area contributed by atoms with Crippen molar-refractivity contribution in [3.8, 4) is 0 Å². The van der Waals surface area contributed by atoms with Gasteiger partial charge in [-0.15, -0.1) is 0 Å². The number of hydrogen-bond acceptors (Lipinski definition) is 4. The summed E-state index contributed by atoms with van der Waals surface area (Å²) in [6, 6.07) is -1.05. The molecule has 7 nitrogen and oxygen atoms in total. The lowest BCUT2D eigenvalue weighted by atomic mass is 9.88. The van der Waals surface area contributed by atoms with Gasteiger partial charge in [0.15, 0.2) is 0 Å². The number of carbonyl (C=O) groups excluding carboxylic acids is 2. The van der Waals surface area contributed by atoms with Crippen LogP contribution in [0.3, 0.4) is 0 Å². The Hall–Kier alpha value is -1.66. The minimum Gasteiger partial charge on any atom is -0.311 e. The van der Waals surface area contributed by atoms with Crippen molar-refractivity contribution in [3.63, 3.8) is 0 Å². The molecule has 2 atom stereocenters. The molecule has 0 N–H and O–H groups in total. The van der Waals surface area contributed by atoms with Crippen molar-refractivity contribution >= 4 is 11.9 Å². The minimum atomic E-state index is -1.74. The van der Waals surface area contributed by atoms with Gasteiger partial charge in [-0.1, -0.05) is 0 Å². The maximum absolute atomic E-state index is 12.2. The van der Waals surface area contributed by atoms with Gasteiger partial charge in [0.2, 0.25) is 0 Å². The Morgan fingerprint density at radius 2 is 2.00 bits per heavy atom. The fraction of sp³-hybridized carbons (Fsp3) is 0.818. The Kier molecular flexibility index (Phi) is 2.79. The number of carbonyl (C=O) groups is 2. The van der Waals surface area contributed by atoms with E-state index < -0.39 is 28.4 Å². The molecule has 100 valence electrons. The van der Waals surface area contributed by atoms with Gasteiger partial charge in [-0.25, -0.2) is 4.79 Å². The highest BCUT2D eigenvalue weighted by atomic mass is 16.6. The molecule has 0 spiro atoms. The Balaban J connectivity index is 2.45. The molecule has 0 bridgehead atoms. The molecule has 0 aromatic heterocycles. The number of nitro groups is 1. The van der Waals surface area contributed by atoms with E-state index in [0.29, 0.717) is 0 Å². The summed E-state index contributed by atoms with van der Waals surface area (Å²) in [6.07, 6.45) is 1.71. The van der Waals surface area contributed by atoms with E-state index >= 15 is 0 Å². The first kappa shape index (κ1) is 12.8. The first-order chi connectivity index (χ1) is 8.35. The molecule has 2 rings (SSSR count). The van der Waals surface area contributed by atoms with Crippen molar-refractivity contribution in [2.45, 2.75) is 51.2 Å². The van der Waals surface area contributed by atoms with Gasteiger partial charge in [0.1, 0.15) is 6.04 Å². The van der Waals surface area contributed by atoms with Crippen molar-refractivity contribution in [1.29, 1.82) is 0 Å². The van der Waals surface area contributed by atoms with Crippen LogP contribution < -0.4 is 0 Å². The third-order valence-corrected chi connectivity index (χ3v) is 4.00. The number of nitrogens with zero attached hydrogens (tertiary/aromatic N) is 3. The summed E-state index contributed by atoms with van der Waals surface area (Å²) in [5.74, 6) is -0.704. The lowest BCUT2D eigenvalue weighted by molar-refractivity contribution is -0.557. The van der Waals surface area contributed by atoms with Crippen LogP contribution in [-0.4, -0.2) is 50.8 Å². The van der Waals surface area contributed by atoms with Gasteiger partial charge in [-0.05, 0) is 26.7 Å². The highest BCUT2D eigenvalue weighted by molar-refractivity contribution is 6.02. The zero-order valence-electron chi connectivity index (χ0n) is 10.8. The molecule has 0 radical (unpaired) electrons. The van der Waals surface area contributed by atoms with Gasteiger partial charge in [-0.3, -0.25) is 19.8 Å². The summed E-state index contributed by atoms with van der Waals surface area (Å²) in [5, 5.41) is 11.3. The quantitative estimate of drug-likeness (QED) is 0.553. The predicted molar refractivity (Wildman–Crippen MR) is 62.5 cm³/mol. The van der Waals surface area contributed by atoms with E-state index in [1.54, 1.807) is 13.8 Å². The number of urea groups is 1. The average Bonchev–Trinajstić information content (AvgIpc) is 3.11. The van der Waals surface area contributed by atoms with Crippen LogP contribution in [0.1, 0.15) is 33.6 Å². The van der Waals surface area contributed by atoms with E-state index in [1.807, 2.05) is 0 Å². The van der Waals surface area contributed by atoms with Crippen LogP contribution in [0.15, 0.2) is 0 Å². The molecular formula is C11H17N3O4. The van der Waals surface area contributed by atoms with E-state index in [0.717, 1.165) is 17.7 Å². The van der Waals surface area contributed by atoms with Crippen LogP contribution >= 0.6 is 0 Å². The zero-order valence-corrected chi connectivity index (χ0v) is 10.8. The minimum absolute atomic E-state index is 0.0499. The van der Waals surface area contributed by atoms with Crippen molar-refractivity contribution in [2.24, 2.45) is 0 Å². The molecular weight excluding hydrogens is 238 g/mol. The molecule has 1 aliphatic carbocycles. The number of rotatable bonds is 3. The van der Waals surface area contributed by atoms with Crippen LogP contribution in [0.2, 0.25) is 0 Å². The number of hydrogen-bond donors (Lipinski definition) is 0. The molecule has 0 aromatic carbocycles. The molecule has 0 aromatic rings. The third kappa shape index (κ3) is 1.49. The second-order valence-electron chi connectivity index (χ2n) is 5.05. The highest BCUT2D eigenvalue weighted by Gasteiger charge is 2.63. The largest absolute Gasteiger partial charge is 0.327 e. The second kappa shape index (κ2) is 3.93. The molecule has 18 heavy (non-hydrogen) atoms. The summed E-state index contributed by atoms with van der Waals surface area (Å²) >= 11 is 0. The first-order valence-corrected chi connectivity index (χ1v) is 6.14. The maximum atomic E-state index is 12.2. The van der Waals surface area contributed by atoms with Gasteiger partial charge in [0.25, 0.3) is 0 Å². The number of amides is 3. The second-order valence-corrected chi connectivity index (χ2v) is 5.05. The normalized spacial score (nSPS) is 32.9. The summed E-state index contributed by atoms with van der Waals surface area (Å²) < 4.78 is 0. The molecule has 2 unspecified atom stereocenters. The topological polar surface area (TPSA) is 83.8 Å². The van der Waals surface area contributed by atoms with Crippen molar-refractivity contribution in [1.82, 2.24) is 9.80 Å². The Morgan fingerprint density at radius 3 is 2.39 bits per heavy atom. The van der Waals surface area contributed by atoms with Crippen LogP contribution in [0.5, 0.6) is 0 Å². The van der Waals surface area contributed by atoms with Crippen LogP contribution in [0.25, 0.3) is 0 Å². The third-order valence-electron chi connectivity index (χ3n) is 4.00. The highest BCUT2D eigenvalue weighted by Crippen LogP contribution is 2.37. The Bertz CT molecular complexity index is 421. The maximum Gasteiger partial charge on any atom is 0.327 e. The van der Waals surface area contributed by atoms with Gasteiger partial charge < -0.3 is 4.90 Å². The molecule has 1 aliphatic heterocycles. The van der Waals surface area contributed by atoms with Gasteiger partial charge in [-0.2, -0.15) is 0 Å². The lowest BCUT2D eigenvalue weighted by Gasteiger charge is -2.44. The molecule has 7 heteroatoms. The number of imide groups is 1. The van der Waals surface area contributed by atoms with E-state index in [1.165, 1.54) is 11.8 Å². The van der Waals surface area contributed by atoms with Gasteiger partial charge in [0.05, 0.1) is 0 Å². The summed E-state index contributed by atoms with van der Waals surface area (Å²) in [4.78, 5) is 37.5. The van der Waals surface area contributed by atoms with E-state index in [2.05, 4.69) is 0 Å². The monoisotopic (exact) mass is 255 g/mol. The molecule has 2 aliphatic rings. The molecule has 3 amide bonds. The molecule has 1 saturated carbocycles. The SMILES string of the molecule is CCN1C(=O)N(C2CC2)C(C)C(C)([N+](=O)[O-])C1=O. The zero-order chi connectivity index (χ0) is 13.7. The molecule has 2 fully saturated rings. The molecule has 1 heterocycles. The van der Waals surface area contributed by atoms with Crippen LogP contribution in [0.4, 0.5) is 4.79 Å². The number of likely N-dealkylation sites (N-methyl/N-ethyl adjacent to an activating group) is 1. The van der Waals surface area contributed by atoms with Crippen LogP contribution in [-0.2, 0) is 4.79 Å². The van der Waals surface area contributed by atoms with Gasteiger partial charge in [0, 0.05) is 24.4 Å². The van der Waals surface area contributed by atoms with E-state index in [-0.39, 0.29) is 12.6 Å². The first-order valence-electron chi connectivity index (χ1n) is 6.14. The Labute approximate surface area is 105 Å². The predicted octanol–water partition coefficient (Wildman–Crippen LogP) is 0.857. The fourth-order valence-corrected chi connectivity index (χ4v) is 2.45. The summed E-state index contributed by atoms with van der Waals surface area (Å²) in [5.41, 5.74) is -1.74. The van der Waals surface area contributed by atoms with Crippen LogP contribution in [0, 0.1) is 10.1 Å². The Morgan fingerprint density at radius 1 is 1.44 bits per heavy atom. The molecule has 1 saturated heterocycles. The van der Waals surface area contributed by atoms with E-state index in [9.17, 15) is 19.7 Å². The van der Waals surface area contributed by atoms with Gasteiger partial charge >= 0.3 is 17.5 Å². The van der Waals surface area contributed by atoms with E-state index in [4.69, 9.17) is 0 Å². The van der Waals surface area contributed by atoms with Crippen molar-refractivity contribution in [2.75, 3.05) is 6.54 Å².